The minimum atomic E-state index is -0.0213. The molecule has 0 bridgehead atoms. The van der Waals surface area contributed by atoms with Crippen LogP contribution in [0.25, 0.3) is 11.0 Å². The van der Waals surface area contributed by atoms with Gasteiger partial charge in [0.05, 0.1) is 6.04 Å². The van der Waals surface area contributed by atoms with Crippen LogP contribution in [-0.2, 0) is 13.1 Å². The van der Waals surface area contributed by atoms with E-state index in [1.807, 2.05) is 0 Å². The van der Waals surface area contributed by atoms with Crippen LogP contribution in [0, 0.1) is 0 Å². The molecule has 1 aromatic carbocycles. The summed E-state index contributed by atoms with van der Waals surface area (Å²) in [6.07, 6.45) is 8.03. The minimum Gasteiger partial charge on any atom is -0.348 e. The van der Waals surface area contributed by atoms with E-state index in [9.17, 15) is 4.79 Å². The molecule has 1 atom stereocenters. The molecule has 0 spiro atoms. The first-order valence-electron chi connectivity index (χ1n) is 11.6. The van der Waals surface area contributed by atoms with Crippen molar-refractivity contribution in [2.45, 2.75) is 65.1 Å². The highest BCUT2D eigenvalue weighted by atomic mass is 16.1. The van der Waals surface area contributed by atoms with Gasteiger partial charge in [0.15, 0.2) is 0 Å². The molecule has 0 aliphatic carbocycles. The Morgan fingerprint density at radius 3 is 2.48 bits per heavy atom. The predicted molar refractivity (Wildman–Crippen MR) is 126 cm³/mol. The molecule has 0 radical (unpaired) electrons. The lowest BCUT2D eigenvalue weighted by Gasteiger charge is -2.20. The lowest BCUT2D eigenvalue weighted by atomic mass is 10.1. The number of aryl methyl sites for hydroxylation is 1. The molecule has 6 nitrogen and oxygen atoms in total. The molecule has 3 heterocycles. The fourth-order valence-corrected chi connectivity index (χ4v) is 4.32. The zero-order valence-electron chi connectivity index (χ0n) is 18.7. The van der Waals surface area contributed by atoms with E-state index in [2.05, 4.69) is 58.3 Å². The second kappa shape index (κ2) is 10.1. The number of nitrogens with one attached hydrogen (secondary N) is 1. The van der Waals surface area contributed by atoms with Crippen LogP contribution in [0.2, 0.25) is 0 Å². The summed E-state index contributed by atoms with van der Waals surface area (Å²) in [5.41, 5.74) is 3.23. The topological polar surface area (TPSA) is 63.1 Å². The fraction of sp³-hybridized carbons (Fsp3) is 0.480. The fourth-order valence-electron chi connectivity index (χ4n) is 4.32. The average Bonchev–Trinajstić information content (AvgIpc) is 3.05. The summed E-state index contributed by atoms with van der Waals surface area (Å²) in [7, 11) is 0. The van der Waals surface area contributed by atoms with Crippen molar-refractivity contribution < 1.29 is 0 Å². The molecule has 2 aromatic heterocycles. The van der Waals surface area contributed by atoms with Crippen LogP contribution in [0.1, 0.15) is 63.1 Å². The van der Waals surface area contributed by atoms with Gasteiger partial charge in [0.2, 0.25) is 5.95 Å². The first-order chi connectivity index (χ1) is 15.1. The Morgan fingerprint density at radius 2 is 1.77 bits per heavy atom. The number of hydrogen-bond donors (Lipinski definition) is 1. The molecule has 6 heteroatoms. The quantitative estimate of drug-likeness (QED) is 0.599. The Bertz CT molecular complexity index is 1050. The number of fused-ring (bicyclic) bond motifs is 1. The molecule has 164 valence electrons. The molecular formula is C25H33N5O. The van der Waals surface area contributed by atoms with E-state index < -0.39 is 0 Å². The summed E-state index contributed by atoms with van der Waals surface area (Å²) in [6.45, 7) is 8.28. The molecule has 4 rings (SSSR count). The number of benzene rings is 1. The second-order valence-electron chi connectivity index (χ2n) is 8.59. The van der Waals surface area contributed by atoms with Gasteiger partial charge in [-0.3, -0.25) is 14.3 Å². The van der Waals surface area contributed by atoms with E-state index in [4.69, 9.17) is 0 Å². The highest BCUT2D eigenvalue weighted by Gasteiger charge is 2.12. The Kier molecular flexibility index (Phi) is 6.97. The highest BCUT2D eigenvalue weighted by molar-refractivity contribution is 5.75. The number of pyridine rings is 1. The van der Waals surface area contributed by atoms with Crippen molar-refractivity contribution in [2.24, 2.45) is 0 Å². The maximum atomic E-state index is 12.3. The van der Waals surface area contributed by atoms with Crippen molar-refractivity contribution in [1.82, 2.24) is 19.4 Å². The van der Waals surface area contributed by atoms with Crippen LogP contribution in [0.15, 0.2) is 47.4 Å². The van der Waals surface area contributed by atoms with Crippen molar-refractivity contribution in [2.75, 3.05) is 18.4 Å². The molecular weight excluding hydrogens is 386 g/mol. The number of likely N-dealkylation sites (tertiary alicyclic amines) is 1. The zero-order valence-corrected chi connectivity index (χ0v) is 18.7. The van der Waals surface area contributed by atoms with Gasteiger partial charge in [0.1, 0.15) is 5.65 Å². The SMILES string of the molecule is CCCn1c(=O)ccc2cnc(NC(C)c3ccc(CN4CCCCCC4)cc3)nc21. The van der Waals surface area contributed by atoms with E-state index in [0.29, 0.717) is 18.1 Å². The second-order valence-corrected chi connectivity index (χ2v) is 8.59. The first-order valence-corrected chi connectivity index (χ1v) is 11.6. The van der Waals surface area contributed by atoms with Crippen molar-refractivity contribution >= 4 is 17.0 Å². The van der Waals surface area contributed by atoms with Crippen molar-refractivity contribution in [1.29, 1.82) is 0 Å². The van der Waals surface area contributed by atoms with Crippen molar-refractivity contribution in [3.05, 3.63) is 64.1 Å². The highest BCUT2D eigenvalue weighted by Crippen LogP contribution is 2.20. The Hall–Kier alpha value is -2.73. The Morgan fingerprint density at radius 1 is 1.03 bits per heavy atom. The van der Waals surface area contributed by atoms with Crippen molar-refractivity contribution in [3.8, 4) is 0 Å². The predicted octanol–water partition coefficient (Wildman–Crippen LogP) is 4.75. The van der Waals surface area contributed by atoms with Gasteiger partial charge in [0.25, 0.3) is 5.56 Å². The van der Waals surface area contributed by atoms with Gasteiger partial charge in [-0.2, -0.15) is 4.98 Å². The smallest absolute Gasteiger partial charge is 0.252 e. The Balaban J connectivity index is 1.46. The summed E-state index contributed by atoms with van der Waals surface area (Å²) in [5, 5.41) is 4.28. The average molecular weight is 420 g/mol. The van der Waals surface area contributed by atoms with E-state index >= 15 is 0 Å². The van der Waals surface area contributed by atoms with Crippen LogP contribution in [0.3, 0.4) is 0 Å². The lowest BCUT2D eigenvalue weighted by Crippen LogP contribution is -2.23. The van der Waals surface area contributed by atoms with E-state index in [1.165, 1.54) is 49.9 Å². The van der Waals surface area contributed by atoms with Gasteiger partial charge >= 0.3 is 0 Å². The summed E-state index contributed by atoms with van der Waals surface area (Å²) >= 11 is 0. The van der Waals surface area contributed by atoms with Gasteiger partial charge in [-0.05, 0) is 56.5 Å². The molecule has 0 saturated carbocycles. The number of hydrogen-bond acceptors (Lipinski definition) is 5. The molecule has 31 heavy (non-hydrogen) atoms. The Labute approximate surface area is 184 Å². The summed E-state index contributed by atoms with van der Waals surface area (Å²) in [5.74, 6) is 0.545. The van der Waals surface area contributed by atoms with Crippen LogP contribution in [0.5, 0.6) is 0 Å². The summed E-state index contributed by atoms with van der Waals surface area (Å²) < 4.78 is 1.73. The largest absolute Gasteiger partial charge is 0.348 e. The van der Waals surface area contributed by atoms with Crippen LogP contribution < -0.4 is 10.9 Å². The van der Waals surface area contributed by atoms with Gasteiger partial charge in [0, 0.05) is 30.7 Å². The number of anilines is 1. The van der Waals surface area contributed by atoms with Crippen LogP contribution in [-0.4, -0.2) is 32.5 Å². The van der Waals surface area contributed by atoms with Gasteiger partial charge in [-0.25, -0.2) is 4.98 Å². The number of aromatic nitrogens is 3. The molecule has 1 aliphatic heterocycles. The van der Waals surface area contributed by atoms with Gasteiger partial charge < -0.3 is 5.32 Å². The first kappa shape index (κ1) is 21.5. The minimum absolute atomic E-state index is 0.0213. The third-order valence-corrected chi connectivity index (χ3v) is 6.10. The van der Waals surface area contributed by atoms with E-state index in [-0.39, 0.29) is 11.6 Å². The molecule has 1 saturated heterocycles. The third kappa shape index (κ3) is 5.31. The lowest BCUT2D eigenvalue weighted by molar-refractivity contribution is 0.277. The standard InChI is InChI=1S/C25H33N5O/c1-3-14-30-23(31)13-12-22-17-26-25(28-24(22)30)27-19(2)21-10-8-20(9-11-21)18-29-15-6-4-5-7-16-29/h8-13,17,19H,3-7,14-16,18H2,1-2H3,(H,26,27,28). The molecule has 0 amide bonds. The van der Waals surface area contributed by atoms with Crippen LogP contribution >= 0.6 is 0 Å². The summed E-state index contributed by atoms with van der Waals surface area (Å²) in [6, 6.07) is 12.3. The zero-order chi connectivity index (χ0) is 21.6. The molecule has 1 fully saturated rings. The summed E-state index contributed by atoms with van der Waals surface area (Å²) in [4.78, 5) is 23.9. The molecule has 1 unspecified atom stereocenters. The monoisotopic (exact) mass is 419 g/mol. The maximum Gasteiger partial charge on any atom is 0.252 e. The van der Waals surface area contributed by atoms with Gasteiger partial charge in [-0.1, -0.05) is 44.0 Å². The molecule has 3 aromatic rings. The van der Waals surface area contributed by atoms with E-state index in [0.717, 1.165) is 18.4 Å². The van der Waals surface area contributed by atoms with E-state index in [1.54, 1.807) is 22.9 Å². The van der Waals surface area contributed by atoms with Gasteiger partial charge in [-0.15, -0.1) is 0 Å². The number of nitrogens with zero attached hydrogens (tertiary/aromatic N) is 4. The third-order valence-electron chi connectivity index (χ3n) is 6.10. The molecule has 1 N–H and O–H groups in total. The van der Waals surface area contributed by atoms with Crippen molar-refractivity contribution in [3.63, 3.8) is 0 Å². The number of rotatable bonds is 7. The van der Waals surface area contributed by atoms with Crippen LogP contribution in [0.4, 0.5) is 5.95 Å². The normalized spacial score (nSPS) is 16.2. The molecule has 1 aliphatic rings. The maximum absolute atomic E-state index is 12.3.